The van der Waals surface area contributed by atoms with Gasteiger partial charge in [-0.15, -0.1) is 0 Å². The first-order chi connectivity index (χ1) is 7.26. The Labute approximate surface area is 93.9 Å². The largest absolute Gasteiger partial charge is 0.258 e. The first-order valence-corrected chi connectivity index (χ1v) is 6.08. The lowest BCUT2D eigenvalue weighted by molar-refractivity contribution is 0.745. The van der Waals surface area contributed by atoms with E-state index in [2.05, 4.69) is 37.9 Å². The molecule has 0 amide bonds. The number of rotatable bonds is 6. The van der Waals surface area contributed by atoms with Gasteiger partial charge in [0.05, 0.1) is 0 Å². The molecule has 1 heterocycles. The Hall–Kier alpha value is -0.850. The van der Waals surface area contributed by atoms with Gasteiger partial charge in [0, 0.05) is 11.4 Å². The van der Waals surface area contributed by atoms with Crippen LogP contribution in [-0.4, -0.2) is 4.98 Å². The summed E-state index contributed by atoms with van der Waals surface area (Å²) in [6, 6.07) is 4.23. The first kappa shape index (κ1) is 12.2. The van der Waals surface area contributed by atoms with Crippen LogP contribution in [0.4, 0.5) is 0 Å². The van der Waals surface area contributed by atoms with Crippen LogP contribution in [0.15, 0.2) is 12.1 Å². The Morgan fingerprint density at radius 3 is 1.87 bits per heavy atom. The fourth-order valence-electron chi connectivity index (χ4n) is 1.69. The number of aryl methyl sites for hydroxylation is 2. The number of aromatic nitrogens is 1. The molecule has 0 aliphatic rings. The van der Waals surface area contributed by atoms with E-state index in [-0.39, 0.29) is 0 Å². The molecule has 0 aliphatic carbocycles. The minimum absolute atomic E-state index is 1.10. The summed E-state index contributed by atoms with van der Waals surface area (Å²) in [7, 11) is 0. The topological polar surface area (TPSA) is 12.9 Å². The van der Waals surface area contributed by atoms with Gasteiger partial charge in [0.2, 0.25) is 0 Å². The van der Waals surface area contributed by atoms with Crippen molar-refractivity contribution in [1.82, 2.24) is 4.98 Å². The Bertz CT molecular complexity index is 265. The molecule has 0 saturated heterocycles. The van der Waals surface area contributed by atoms with E-state index in [0.717, 1.165) is 18.4 Å². The fourth-order valence-corrected chi connectivity index (χ4v) is 1.69. The second-order valence-corrected chi connectivity index (χ2v) is 4.17. The number of hydrogen-bond donors (Lipinski definition) is 0. The second-order valence-electron chi connectivity index (χ2n) is 4.17. The maximum Gasteiger partial charge on any atom is 0.0409 e. The quantitative estimate of drug-likeness (QED) is 0.683. The van der Waals surface area contributed by atoms with Crippen molar-refractivity contribution in [3.63, 3.8) is 0 Å². The first-order valence-electron chi connectivity index (χ1n) is 6.08. The zero-order chi connectivity index (χ0) is 11.1. The average molecular weight is 204 g/mol. The zero-order valence-corrected chi connectivity index (χ0v) is 10.1. The molecule has 0 aliphatic heterocycles. The minimum Gasteiger partial charge on any atom is -0.258 e. The summed E-state index contributed by atoms with van der Waals surface area (Å²) in [4.78, 5) is 4.67. The van der Waals surface area contributed by atoms with Crippen LogP contribution >= 0.6 is 0 Å². The van der Waals surface area contributed by atoms with Gasteiger partial charge in [-0.25, -0.2) is 0 Å². The molecular weight excluding hydrogens is 182 g/mol. The SMILES string of the molecule is [CH2]c1cc(CCCC)nc(CCCC)c1. The molecule has 1 nitrogen and oxygen atoms in total. The lowest BCUT2D eigenvalue weighted by Gasteiger charge is -2.05. The molecular formula is C14H22N. The van der Waals surface area contributed by atoms with Crippen LogP contribution < -0.4 is 0 Å². The standard InChI is InChI=1S/C14H22N/c1-4-6-8-13-10-12(3)11-14(15-13)9-7-5-2/h10-11H,3-9H2,1-2H3. The van der Waals surface area contributed by atoms with Crippen LogP contribution in [0.5, 0.6) is 0 Å². The summed E-state index contributed by atoms with van der Waals surface area (Å²) >= 11 is 0. The molecule has 0 N–H and O–H groups in total. The molecule has 1 aromatic rings. The third-order valence-corrected chi connectivity index (χ3v) is 2.56. The van der Waals surface area contributed by atoms with Crippen molar-refractivity contribution in [3.05, 3.63) is 36.0 Å². The molecule has 0 spiro atoms. The molecule has 0 aromatic carbocycles. The number of pyridine rings is 1. The summed E-state index contributed by atoms with van der Waals surface area (Å²) in [5.74, 6) is 0. The molecule has 1 rings (SSSR count). The highest BCUT2D eigenvalue weighted by Gasteiger charge is 2.00. The fraction of sp³-hybridized carbons (Fsp3) is 0.571. The molecule has 0 bridgehead atoms. The van der Waals surface area contributed by atoms with Crippen molar-refractivity contribution in [3.8, 4) is 0 Å². The van der Waals surface area contributed by atoms with Gasteiger partial charge in [-0.2, -0.15) is 0 Å². The predicted molar refractivity (Wildman–Crippen MR) is 65.9 cm³/mol. The van der Waals surface area contributed by atoms with Crippen LogP contribution in [-0.2, 0) is 12.8 Å². The van der Waals surface area contributed by atoms with Crippen LogP contribution in [0.25, 0.3) is 0 Å². The minimum atomic E-state index is 1.10. The van der Waals surface area contributed by atoms with E-state index in [1.807, 2.05) is 0 Å². The van der Waals surface area contributed by atoms with Crippen molar-refractivity contribution < 1.29 is 0 Å². The average Bonchev–Trinajstić information content (AvgIpc) is 2.23. The van der Waals surface area contributed by atoms with Crippen LogP contribution in [0, 0.1) is 6.92 Å². The van der Waals surface area contributed by atoms with Crippen molar-refractivity contribution in [2.45, 2.75) is 52.4 Å². The van der Waals surface area contributed by atoms with E-state index in [9.17, 15) is 0 Å². The van der Waals surface area contributed by atoms with Crippen LogP contribution in [0.3, 0.4) is 0 Å². The molecule has 15 heavy (non-hydrogen) atoms. The van der Waals surface area contributed by atoms with E-state index < -0.39 is 0 Å². The van der Waals surface area contributed by atoms with E-state index >= 15 is 0 Å². The predicted octanol–water partition coefficient (Wildman–Crippen LogP) is 3.95. The van der Waals surface area contributed by atoms with Crippen molar-refractivity contribution in [2.75, 3.05) is 0 Å². The third kappa shape index (κ3) is 4.46. The van der Waals surface area contributed by atoms with Gasteiger partial charge in [0.15, 0.2) is 0 Å². The molecule has 0 unspecified atom stereocenters. The smallest absolute Gasteiger partial charge is 0.0409 e. The summed E-state index contributed by atoms with van der Waals surface area (Å²) in [5, 5.41) is 0. The molecule has 0 atom stereocenters. The van der Waals surface area contributed by atoms with Gasteiger partial charge >= 0.3 is 0 Å². The monoisotopic (exact) mass is 204 g/mol. The third-order valence-electron chi connectivity index (χ3n) is 2.56. The Morgan fingerprint density at radius 2 is 1.47 bits per heavy atom. The Kier molecular flexibility index (Phi) is 5.38. The number of unbranched alkanes of at least 4 members (excludes halogenated alkanes) is 2. The highest BCUT2D eigenvalue weighted by Crippen LogP contribution is 2.10. The van der Waals surface area contributed by atoms with E-state index in [4.69, 9.17) is 0 Å². The number of hydrogen-bond acceptors (Lipinski definition) is 1. The highest BCUT2D eigenvalue weighted by molar-refractivity contribution is 5.24. The van der Waals surface area contributed by atoms with Gasteiger partial charge in [-0.05, 0) is 50.3 Å². The maximum absolute atomic E-state index is 4.67. The van der Waals surface area contributed by atoms with Gasteiger partial charge < -0.3 is 0 Å². The molecule has 1 heteroatoms. The molecule has 1 aromatic heterocycles. The van der Waals surface area contributed by atoms with E-state index in [1.54, 1.807) is 0 Å². The van der Waals surface area contributed by atoms with E-state index in [0.29, 0.717) is 0 Å². The van der Waals surface area contributed by atoms with E-state index in [1.165, 1.54) is 37.1 Å². The normalized spacial score (nSPS) is 10.6. The van der Waals surface area contributed by atoms with Crippen LogP contribution in [0.1, 0.15) is 56.5 Å². The Balaban J connectivity index is 2.66. The lowest BCUT2D eigenvalue weighted by Crippen LogP contribution is -1.97. The van der Waals surface area contributed by atoms with Crippen molar-refractivity contribution >= 4 is 0 Å². The van der Waals surface area contributed by atoms with Gasteiger partial charge in [0.1, 0.15) is 0 Å². The molecule has 83 valence electrons. The summed E-state index contributed by atoms with van der Waals surface area (Å²) in [6.07, 6.45) is 7.10. The number of nitrogens with zero attached hydrogens (tertiary/aromatic N) is 1. The lowest BCUT2D eigenvalue weighted by atomic mass is 10.1. The summed E-state index contributed by atoms with van der Waals surface area (Å²) < 4.78 is 0. The molecule has 1 radical (unpaired) electrons. The van der Waals surface area contributed by atoms with Crippen molar-refractivity contribution in [2.24, 2.45) is 0 Å². The molecule has 0 saturated carbocycles. The van der Waals surface area contributed by atoms with Crippen molar-refractivity contribution in [1.29, 1.82) is 0 Å². The summed E-state index contributed by atoms with van der Waals surface area (Å²) in [6.45, 7) is 8.45. The molecule has 0 fully saturated rings. The van der Waals surface area contributed by atoms with Gasteiger partial charge in [0.25, 0.3) is 0 Å². The maximum atomic E-state index is 4.67. The Morgan fingerprint density at radius 1 is 1.00 bits per heavy atom. The zero-order valence-electron chi connectivity index (χ0n) is 10.1. The van der Waals surface area contributed by atoms with Gasteiger partial charge in [-0.1, -0.05) is 26.7 Å². The van der Waals surface area contributed by atoms with Gasteiger partial charge in [-0.3, -0.25) is 4.98 Å². The highest BCUT2D eigenvalue weighted by atomic mass is 14.7. The summed E-state index contributed by atoms with van der Waals surface area (Å²) in [5.41, 5.74) is 3.55. The van der Waals surface area contributed by atoms with Crippen LogP contribution in [0.2, 0.25) is 0 Å². The second kappa shape index (κ2) is 6.60.